The van der Waals surface area contributed by atoms with Crippen molar-refractivity contribution >= 4 is 39.9 Å². The molecule has 4 rings (SSSR count). The van der Waals surface area contributed by atoms with E-state index in [1.54, 1.807) is 18.6 Å². The second-order valence-corrected chi connectivity index (χ2v) is 6.62. The minimum absolute atomic E-state index is 0.0105. The molecule has 3 aromatic rings. The summed E-state index contributed by atoms with van der Waals surface area (Å²) in [7, 11) is 0. The van der Waals surface area contributed by atoms with E-state index >= 15 is 0 Å². The average Bonchev–Trinajstić information content (AvgIpc) is 3.18. The van der Waals surface area contributed by atoms with Crippen LogP contribution >= 0.6 is 23.2 Å². The van der Waals surface area contributed by atoms with Crippen LogP contribution in [0.4, 0.5) is 5.82 Å². The fraction of sp³-hybridized carbons (Fsp3) is 0.294. The van der Waals surface area contributed by atoms with E-state index in [9.17, 15) is 5.11 Å². The number of rotatable bonds is 3. The highest BCUT2D eigenvalue weighted by Gasteiger charge is 2.25. The molecule has 8 heteroatoms. The summed E-state index contributed by atoms with van der Waals surface area (Å²) in [6, 6.07) is 5.49. The molecule has 1 aliphatic heterocycles. The number of aromatic nitrogens is 3. The van der Waals surface area contributed by atoms with Gasteiger partial charge in [-0.25, -0.2) is 9.97 Å². The Kier molecular flexibility index (Phi) is 4.52. The third-order valence-electron chi connectivity index (χ3n) is 4.35. The summed E-state index contributed by atoms with van der Waals surface area (Å²) in [4.78, 5) is 10.9. The molecule has 6 nitrogen and oxygen atoms in total. The molecule has 0 amide bonds. The number of imidazole rings is 1. The number of aliphatic hydroxyl groups is 1. The lowest BCUT2D eigenvalue weighted by Crippen LogP contribution is -2.48. The first-order valence-electron chi connectivity index (χ1n) is 7.91. The van der Waals surface area contributed by atoms with Crippen molar-refractivity contribution in [3.8, 4) is 5.69 Å². The first-order valence-corrected chi connectivity index (χ1v) is 8.67. The van der Waals surface area contributed by atoms with Gasteiger partial charge in [0.2, 0.25) is 0 Å². The van der Waals surface area contributed by atoms with Gasteiger partial charge in [0.1, 0.15) is 5.82 Å². The predicted octanol–water partition coefficient (Wildman–Crippen LogP) is 2.92. The van der Waals surface area contributed by atoms with Crippen LogP contribution in [-0.2, 0) is 4.74 Å². The highest BCUT2D eigenvalue weighted by molar-refractivity contribution is 6.45. The number of ether oxygens (including phenoxy) is 1. The highest BCUT2D eigenvalue weighted by Crippen LogP contribution is 2.35. The van der Waals surface area contributed by atoms with Crippen LogP contribution in [0.5, 0.6) is 0 Å². The Morgan fingerprint density at radius 1 is 1.32 bits per heavy atom. The van der Waals surface area contributed by atoms with Crippen molar-refractivity contribution in [3.63, 3.8) is 0 Å². The van der Waals surface area contributed by atoms with Crippen LogP contribution in [0.25, 0.3) is 16.6 Å². The van der Waals surface area contributed by atoms with E-state index < -0.39 is 0 Å². The maximum Gasteiger partial charge on any atom is 0.131 e. The smallest absolute Gasteiger partial charge is 0.131 e. The Morgan fingerprint density at radius 2 is 2.20 bits per heavy atom. The molecule has 0 saturated carbocycles. The zero-order chi connectivity index (χ0) is 17.4. The number of morpholine rings is 1. The maximum atomic E-state index is 9.68. The van der Waals surface area contributed by atoms with Crippen LogP contribution < -0.4 is 4.90 Å². The van der Waals surface area contributed by atoms with Gasteiger partial charge in [-0.15, -0.1) is 0 Å². The average molecular weight is 379 g/mol. The number of fused-ring (bicyclic) bond motifs is 1. The van der Waals surface area contributed by atoms with Crippen LogP contribution in [0.1, 0.15) is 0 Å². The highest BCUT2D eigenvalue weighted by atomic mass is 35.5. The van der Waals surface area contributed by atoms with Gasteiger partial charge >= 0.3 is 0 Å². The Labute approximate surface area is 154 Å². The van der Waals surface area contributed by atoms with Gasteiger partial charge in [-0.3, -0.25) is 0 Å². The zero-order valence-corrected chi connectivity index (χ0v) is 14.8. The molecule has 1 saturated heterocycles. The van der Waals surface area contributed by atoms with Crippen molar-refractivity contribution in [1.29, 1.82) is 0 Å². The van der Waals surface area contributed by atoms with Crippen molar-refractivity contribution in [2.24, 2.45) is 0 Å². The SMILES string of the molecule is OCC1COCCN1c1cc(-n2ccnc2)c2ccc(Cl)c(Cl)c2n1. The molecule has 0 aliphatic carbocycles. The lowest BCUT2D eigenvalue weighted by atomic mass is 10.1. The molecule has 1 aliphatic rings. The second-order valence-electron chi connectivity index (χ2n) is 5.83. The monoisotopic (exact) mass is 378 g/mol. The normalized spacial score (nSPS) is 18.0. The topological polar surface area (TPSA) is 63.4 Å². The maximum absolute atomic E-state index is 9.68. The first kappa shape index (κ1) is 16.6. The fourth-order valence-corrected chi connectivity index (χ4v) is 3.43. The van der Waals surface area contributed by atoms with Gasteiger partial charge in [0, 0.05) is 30.4 Å². The molecule has 2 aromatic heterocycles. The second kappa shape index (κ2) is 6.80. The van der Waals surface area contributed by atoms with Crippen molar-refractivity contribution in [2.75, 3.05) is 31.3 Å². The minimum atomic E-state index is -0.146. The Morgan fingerprint density at radius 3 is 2.96 bits per heavy atom. The molecule has 1 aromatic carbocycles. The number of pyridine rings is 1. The molecule has 25 heavy (non-hydrogen) atoms. The Balaban J connectivity index is 1.95. The number of benzene rings is 1. The Hall–Kier alpha value is -1.86. The van der Waals surface area contributed by atoms with Gasteiger partial charge in [0.15, 0.2) is 0 Å². The fourth-order valence-electron chi connectivity index (χ4n) is 3.07. The van der Waals surface area contributed by atoms with Crippen molar-refractivity contribution in [3.05, 3.63) is 47.0 Å². The quantitative estimate of drug-likeness (QED) is 0.758. The third-order valence-corrected chi connectivity index (χ3v) is 5.15. The number of aliphatic hydroxyl groups excluding tert-OH is 1. The largest absolute Gasteiger partial charge is 0.394 e. The number of halogens is 2. The van der Waals surface area contributed by atoms with Crippen LogP contribution in [0.15, 0.2) is 36.9 Å². The molecule has 1 N–H and O–H groups in total. The number of hydrogen-bond donors (Lipinski definition) is 1. The van der Waals surface area contributed by atoms with Crippen LogP contribution in [0, 0.1) is 0 Å². The van der Waals surface area contributed by atoms with Gasteiger partial charge in [-0.2, -0.15) is 0 Å². The summed E-state index contributed by atoms with van der Waals surface area (Å²) in [5.41, 5.74) is 1.53. The van der Waals surface area contributed by atoms with Gasteiger partial charge in [-0.05, 0) is 12.1 Å². The van der Waals surface area contributed by atoms with Crippen molar-refractivity contribution < 1.29 is 9.84 Å². The summed E-state index contributed by atoms with van der Waals surface area (Å²) in [6.07, 6.45) is 5.31. The lowest BCUT2D eigenvalue weighted by molar-refractivity contribution is 0.0723. The summed E-state index contributed by atoms with van der Waals surface area (Å²) < 4.78 is 7.37. The van der Waals surface area contributed by atoms with Crippen LogP contribution in [0.2, 0.25) is 10.0 Å². The van der Waals surface area contributed by atoms with E-state index in [-0.39, 0.29) is 12.6 Å². The molecule has 0 spiro atoms. The standard InChI is InChI=1S/C17H16Cl2N4O2/c18-13-2-1-12-14(22-4-3-20-10-22)7-15(21-17(12)16(13)19)23-5-6-25-9-11(23)8-24/h1-4,7,10-11,24H,5-6,8-9H2. The van der Waals surface area contributed by atoms with Crippen LogP contribution in [-0.4, -0.2) is 52.0 Å². The molecule has 1 atom stereocenters. The van der Waals surface area contributed by atoms with Crippen LogP contribution in [0.3, 0.4) is 0 Å². The van der Waals surface area contributed by atoms with Gasteiger partial charge < -0.3 is 19.3 Å². The molecule has 1 fully saturated rings. The summed E-state index contributed by atoms with van der Waals surface area (Å²) >= 11 is 12.6. The Bertz CT molecular complexity index is 901. The summed E-state index contributed by atoms with van der Waals surface area (Å²) in [5, 5.41) is 11.4. The molecular weight excluding hydrogens is 363 g/mol. The lowest BCUT2D eigenvalue weighted by Gasteiger charge is -2.35. The third kappa shape index (κ3) is 2.95. The number of nitrogens with zero attached hydrogens (tertiary/aromatic N) is 4. The van der Waals surface area contributed by atoms with E-state index in [4.69, 9.17) is 32.9 Å². The molecule has 3 heterocycles. The first-order chi connectivity index (χ1) is 12.2. The van der Waals surface area contributed by atoms with Gasteiger partial charge in [-0.1, -0.05) is 23.2 Å². The summed E-state index contributed by atoms with van der Waals surface area (Å²) in [6.45, 7) is 1.68. The predicted molar refractivity (Wildman–Crippen MR) is 97.9 cm³/mol. The molecule has 0 bridgehead atoms. The molecule has 0 radical (unpaired) electrons. The van der Waals surface area contributed by atoms with Gasteiger partial charge in [0.05, 0.1) is 53.4 Å². The van der Waals surface area contributed by atoms with E-state index in [2.05, 4.69) is 4.98 Å². The zero-order valence-electron chi connectivity index (χ0n) is 13.3. The van der Waals surface area contributed by atoms with E-state index in [1.807, 2.05) is 27.8 Å². The van der Waals surface area contributed by atoms with E-state index in [0.29, 0.717) is 35.3 Å². The molecule has 1 unspecified atom stereocenters. The minimum Gasteiger partial charge on any atom is -0.394 e. The van der Waals surface area contributed by atoms with E-state index in [0.717, 1.165) is 16.9 Å². The molecule has 130 valence electrons. The van der Waals surface area contributed by atoms with E-state index in [1.165, 1.54) is 0 Å². The number of hydrogen-bond acceptors (Lipinski definition) is 5. The van der Waals surface area contributed by atoms with Gasteiger partial charge in [0.25, 0.3) is 0 Å². The number of anilines is 1. The van der Waals surface area contributed by atoms with Crippen molar-refractivity contribution in [1.82, 2.24) is 14.5 Å². The summed E-state index contributed by atoms with van der Waals surface area (Å²) in [5.74, 6) is 0.725. The molecular formula is C17H16Cl2N4O2. The van der Waals surface area contributed by atoms with Crippen molar-refractivity contribution in [2.45, 2.75) is 6.04 Å².